The molecule has 1 aromatic heterocycles. The summed E-state index contributed by atoms with van der Waals surface area (Å²) < 4.78 is 0. The molecule has 0 aliphatic heterocycles. The van der Waals surface area contributed by atoms with Gasteiger partial charge in [0.25, 0.3) is 5.91 Å². The lowest BCUT2D eigenvalue weighted by Gasteiger charge is -2.19. The number of carbonyl (C=O) groups is 2. The smallest absolute Gasteiger partial charge is 0.475 e. The lowest BCUT2D eigenvalue weighted by molar-refractivity contribution is 0.0693. The molecule has 0 spiro atoms. The number of para-hydroxylation sites is 1. The monoisotopic (exact) mass is 449 g/mol. The SMILES string of the molecule is O=C(N[C@@H](Cc1cccc(C(=O)O)c1O)B(O)O)c1cccc(CNCc2cccnc2)c1. The number of aromatic carboxylic acids is 1. The average molecular weight is 449 g/mol. The number of amides is 1. The summed E-state index contributed by atoms with van der Waals surface area (Å²) in [6, 6.07) is 14.8. The highest BCUT2D eigenvalue weighted by Gasteiger charge is 2.28. The number of phenols is 1. The lowest BCUT2D eigenvalue weighted by Crippen LogP contribution is -2.48. The highest BCUT2D eigenvalue weighted by molar-refractivity contribution is 6.43. The first-order chi connectivity index (χ1) is 15.8. The Morgan fingerprint density at radius 2 is 1.73 bits per heavy atom. The van der Waals surface area contributed by atoms with Gasteiger partial charge in [0, 0.05) is 31.0 Å². The fourth-order valence-electron chi connectivity index (χ4n) is 3.32. The molecule has 10 heteroatoms. The second-order valence-corrected chi connectivity index (χ2v) is 7.48. The molecule has 3 rings (SSSR count). The van der Waals surface area contributed by atoms with Crippen LogP contribution in [0.15, 0.2) is 67.0 Å². The molecule has 1 heterocycles. The molecule has 1 atom stereocenters. The van der Waals surface area contributed by atoms with Crippen molar-refractivity contribution in [3.63, 3.8) is 0 Å². The molecule has 33 heavy (non-hydrogen) atoms. The van der Waals surface area contributed by atoms with Crippen molar-refractivity contribution in [2.75, 3.05) is 0 Å². The van der Waals surface area contributed by atoms with Crippen LogP contribution in [0.25, 0.3) is 0 Å². The van der Waals surface area contributed by atoms with Crippen LogP contribution in [0.5, 0.6) is 5.75 Å². The van der Waals surface area contributed by atoms with E-state index >= 15 is 0 Å². The molecule has 0 saturated carbocycles. The molecule has 0 radical (unpaired) electrons. The number of hydrogen-bond donors (Lipinski definition) is 6. The summed E-state index contributed by atoms with van der Waals surface area (Å²) in [5, 5.41) is 44.6. The van der Waals surface area contributed by atoms with Gasteiger partial charge in [0.2, 0.25) is 0 Å². The van der Waals surface area contributed by atoms with Crippen LogP contribution in [0, 0.1) is 0 Å². The molecular formula is C23H24BN3O6. The van der Waals surface area contributed by atoms with Crippen molar-refractivity contribution in [1.29, 1.82) is 0 Å². The van der Waals surface area contributed by atoms with Gasteiger partial charge in [-0.05, 0) is 47.4 Å². The van der Waals surface area contributed by atoms with Crippen LogP contribution in [0.2, 0.25) is 0 Å². The largest absolute Gasteiger partial charge is 0.507 e. The van der Waals surface area contributed by atoms with E-state index in [9.17, 15) is 24.7 Å². The standard InChI is InChI=1S/C23H24BN3O6/c28-21-17(6-2-8-19(21)23(30)31)11-20(24(32)33)27-22(29)18-7-1-4-15(10-18)12-26-14-16-5-3-9-25-13-16/h1-10,13,20,26,28,32-33H,11-12,14H2,(H,27,29)(H,30,31)/t20-/m0/s1. The minimum atomic E-state index is -1.92. The molecule has 9 nitrogen and oxygen atoms in total. The van der Waals surface area contributed by atoms with Crippen molar-refractivity contribution in [2.45, 2.75) is 25.5 Å². The Bertz CT molecular complexity index is 1110. The second kappa shape index (κ2) is 11.2. The Morgan fingerprint density at radius 3 is 2.42 bits per heavy atom. The van der Waals surface area contributed by atoms with Gasteiger partial charge in [-0.2, -0.15) is 0 Å². The van der Waals surface area contributed by atoms with E-state index in [2.05, 4.69) is 15.6 Å². The second-order valence-electron chi connectivity index (χ2n) is 7.48. The van der Waals surface area contributed by atoms with Crippen molar-refractivity contribution in [3.05, 3.63) is 94.8 Å². The third-order valence-electron chi connectivity index (χ3n) is 5.04. The van der Waals surface area contributed by atoms with Crippen molar-refractivity contribution in [2.24, 2.45) is 0 Å². The number of hydrogen-bond acceptors (Lipinski definition) is 7. The zero-order valence-electron chi connectivity index (χ0n) is 17.7. The first-order valence-electron chi connectivity index (χ1n) is 10.2. The molecule has 1 amide bonds. The Labute approximate surface area is 190 Å². The summed E-state index contributed by atoms with van der Waals surface area (Å²) in [5.74, 6) is -3.49. The first-order valence-corrected chi connectivity index (χ1v) is 10.2. The predicted molar refractivity (Wildman–Crippen MR) is 121 cm³/mol. The molecule has 0 bridgehead atoms. The zero-order chi connectivity index (χ0) is 23.8. The van der Waals surface area contributed by atoms with Crippen LogP contribution in [0.3, 0.4) is 0 Å². The summed E-state index contributed by atoms with van der Waals surface area (Å²) in [6.45, 7) is 1.12. The Balaban J connectivity index is 1.65. The van der Waals surface area contributed by atoms with E-state index in [1.807, 2.05) is 18.2 Å². The number of carbonyl (C=O) groups excluding carboxylic acids is 1. The van der Waals surface area contributed by atoms with Crippen molar-refractivity contribution in [1.82, 2.24) is 15.6 Å². The fourth-order valence-corrected chi connectivity index (χ4v) is 3.32. The quantitative estimate of drug-likeness (QED) is 0.252. The topological polar surface area (TPSA) is 152 Å². The van der Waals surface area contributed by atoms with E-state index < -0.39 is 30.7 Å². The average Bonchev–Trinajstić information content (AvgIpc) is 2.80. The van der Waals surface area contributed by atoms with E-state index in [1.54, 1.807) is 30.6 Å². The number of nitrogens with zero attached hydrogens (tertiary/aromatic N) is 1. The van der Waals surface area contributed by atoms with Gasteiger partial charge in [-0.1, -0.05) is 30.3 Å². The maximum absolute atomic E-state index is 12.7. The highest BCUT2D eigenvalue weighted by Crippen LogP contribution is 2.24. The van der Waals surface area contributed by atoms with Crippen molar-refractivity contribution < 1.29 is 29.9 Å². The van der Waals surface area contributed by atoms with Crippen LogP contribution in [0.1, 0.15) is 37.4 Å². The molecule has 170 valence electrons. The molecule has 0 unspecified atom stereocenters. The summed E-state index contributed by atoms with van der Waals surface area (Å²) in [6.07, 6.45) is 3.29. The van der Waals surface area contributed by atoms with Crippen LogP contribution in [-0.4, -0.2) is 50.2 Å². The van der Waals surface area contributed by atoms with Gasteiger partial charge >= 0.3 is 13.1 Å². The minimum Gasteiger partial charge on any atom is -0.507 e. The Morgan fingerprint density at radius 1 is 1.00 bits per heavy atom. The van der Waals surface area contributed by atoms with Crippen LogP contribution in [0.4, 0.5) is 0 Å². The molecule has 3 aromatic rings. The minimum absolute atomic E-state index is 0.168. The number of carboxylic acid groups (broad SMARTS) is 1. The van der Waals surface area contributed by atoms with E-state index in [0.29, 0.717) is 18.7 Å². The molecular weight excluding hydrogens is 425 g/mol. The third-order valence-corrected chi connectivity index (χ3v) is 5.04. The molecule has 6 N–H and O–H groups in total. The Kier molecular flexibility index (Phi) is 8.14. The number of nitrogens with one attached hydrogen (secondary N) is 2. The van der Waals surface area contributed by atoms with Crippen LogP contribution in [-0.2, 0) is 19.5 Å². The van der Waals surface area contributed by atoms with Crippen LogP contribution >= 0.6 is 0 Å². The highest BCUT2D eigenvalue weighted by atomic mass is 16.4. The summed E-state index contributed by atoms with van der Waals surface area (Å²) in [5.41, 5.74) is 2.07. The molecule has 0 aliphatic carbocycles. The maximum Gasteiger partial charge on any atom is 0.475 e. The normalized spacial score (nSPS) is 11.6. The van der Waals surface area contributed by atoms with E-state index in [-0.39, 0.29) is 17.5 Å². The molecule has 2 aromatic carbocycles. The molecule has 0 aliphatic rings. The number of carboxylic acids is 1. The zero-order valence-corrected chi connectivity index (χ0v) is 17.7. The third kappa shape index (κ3) is 6.63. The van der Waals surface area contributed by atoms with Gasteiger partial charge in [0.1, 0.15) is 11.3 Å². The number of aromatic nitrogens is 1. The van der Waals surface area contributed by atoms with Gasteiger partial charge < -0.3 is 30.9 Å². The summed E-state index contributed by atoms with van der Waals surface area (Å²) >= 11 is 0. The predicted octanol–water partition coefficient (Wildman–Crippen LogP) is 1.13. The van der Waals surface area contributed by atoms with Gasteiger partial charge in [0.15, 0.2) is 0 Å². The summed E-state index contributed by atoms with van der Waals surface area (Å²) in [7, 11) is -1.92. The Hall–Kier alpha value is -3.73. The maximum atomic E-state index is 12.7. The first kappa shape index (κ1) is 23.9. The van der Waals surface area contributed by atoms with E-state index in [1.165, 1.54) is 18.2 Å². The summed E-state index contributed by atoms with van der Waals surface area (Å²) in [4.78, 5) is 28.0. The van der Waals surface area contributed by atoms with Crippen LogP contribution < -0.4 is 10.6 Å². The van der Waals surface area contributed by atoms with E-state index in [0.717, 1.165) is 11.1 Å². The fraction of sp³-hybridized carbons (Fsp3) is 0.174. The van der Waals surface area contributed by atoms with Crippen molar-refractivity contribution in [3.8, 4) is 5.75 Å². The van der Waals surface area contributed by atoms with Gasteiger partial charge in [0.05, 0.1) is 5.94 Å². The van der Waals surface area contributed by atoms with Gasteiger partial charge in [-0.3, -0.25) is 9.78 Å². The number of rotatable bonds is 10. The van der Waals surface area contributed by atoms with E-state index in [4.69, 9.17) is 5.11 Å². The molecule has 0 saturated heterocycles. The van der Waals surface area contributed by atoms with Crippen molar-refractivity contribution >= 4 is 19.0 Å². The molecule has 0 fully saturated rings. The lowest BCUT2D eigenvalue weighted by atomic mass is 9.75. The van der Waals surface area contributed by atoms with Gasteiger partial charge in [-0.25, -0.2) is 4.79 Å². The number of aromatic hydroxyl groups is 1. The number of pyridine rings is 1. The van der Waals surface area contributed by atoms with Gasteiger partial charge in [-0.15, -0.1) is 0 Å². The number of benzene rings is 2.